The van der Waals surface area contributed by atoms with Gasteiger partial charge >= 0.3 is 0 Å². The summed E-state index contributed by atoms with van der Waals surface area (Å²) in [5.41, 5.74) is 3.79. The molecule has 0 spiro atoms. The van der Waals surface area contributed by atoms with E-state index in [1.807, 2.05) is 6.20 Å². The molecule has 0 aliphatic rings. The van der Waals surface area contributed by atoms with Crippen molar-refractivity contribution >= 4 is 22.2 Å². The third-order valence-electron chi connectivity index (χ3n) is 4.02. The van der Waals surface area contributed by atoms with Gasteiger partial charge in [0.05, 0.1) is 18.3 Å². The summed E-state index contributed by atoms with van der Waals surface area (Å²) in [6.07, 6.45) is 1.97. The van der Waals surface area contributed by atoms with Gasteiger partial charge in [0.15, 0.2) is 0 Å². The number of thiophene rings is 1. The Balaban J connectivity index is 1.87. The minimum Gasteiger partial charge on any atom is -0.302 e. The van der Waals surface area contributed by atoms with Crippen LogP contribution in [0.15, 0.2) is 41.2 Å². The van der Waals surface area contributed by atoms with Gasteiger partial charge in [-0.3, -0.25) is 4.68 Å². The quantitative estimate of drug-likeness (QED) is 0.683. The number of aromatic nitrogens is 2. The number of benzene rings is 1. The van der Waals surface area contributed by atoms with Crippen molar-refractivity contribution in [3.63, 3.8) is 0 Å². The van der Waals surface area contributed by atoms with Crippen molar-refractivity contribution in [3.8, 4) is 11.1 Å². The Morgan fingerprint density at radius 3 is 2.71 bits per heavy atom. The van der Waals surface area contributed by atoms with Crippen LogP contribution in [0.3, 0.4) is 0 Å². The van der Waals surface area contributed by atoms with Crippen molar-refractivity contribution in [1.82, 2.24) is 14.7 Å². The molecule has 0 unspecified atom stereocenters. The number of rotatable bonds is 6. The van der Waals surface area contributed by atoms with Gasteiger partial charge in [0, 0.05) is 11.9 Å². The van der Waals surface area contributed by atoms with Crippen molar-refractivity contribution in [2.75, 3.05) is 19.6 Å². The van der Waals surface area contributed by atoms with E-state index in [0.717, 1.165) is 26.2 Å². The molecule has 110 valence electrons. The van der Waals surface area contributed by atoms with Gasteiger partial charge < -0.3 is 4.90 Å². The normalized spacial score (nSPS) is 11.6. The molecular formula is C17H21N3S. The highest BCUT2D eigenvalue weighted by molar-refractivity contribution is 7.08. The zero-order valence-electron chi connectivity index (χ0n) is 12.6. The fourth-order valence-electron chi connectivity index (χ4n) is 2.63. The lowest BCUT2D eigenvalue weighted by Gasteiger charge is -2.17. The second kappa shape index (κ2) is 6.41. The Hall–Kier alpha value is -1.65. The molecule has 0 N–H and O–H groups in total. The Labute approximate surface area is 129 Å². The van der Waals surface area contributed by atoms with Gasteiger partial charge in [-0.1, -0.05) is 26.0 Å². The second-order valence-electron chi connectivity index (χ2n) is 5.18. The maximum atomic E-state index is 4.55. The molecule has 0 radical (unpaired) electrons. The van der Waals surface area contributed by atoms with Gasteiger partial charge in [0.25, 0.3) is 0 Å². The molecule has 2 heterocycles. The average Bonchev–Trinajstić information content (AvgIpc) is 3.17. The van der Waals surface area contributed by atoms with Gasteiger partial charge in [-0.05, 0) is 47.1 Å². The van der Waals surface area contributed by atoms with Crippen molar-refractivity contribution < 1.29 is 0 Å². The van der Waals surface area contributed by atoms with E-state index in [1.165, 1.54) is 22.0 Å². The minimum atomic E-state index is 0.943. The van der Waals surface area contributed by atoms with Crippen LogP contribution in [0.5, 0.6) is 0 Å². The van der Waals surface area contributed by atoms with Crippen LogP contribution in [0.4, 0.5) is 0 Å². The summed E-state index contributed by atoms with van der Waals surface area (Å²) in [6, 6.07) is 8.78. The fourth-order valence-corrected chi connectivity index (χ4v) is 3.30. The van der Waals surface area contributed by atoms with Crippen LogP contribution >= 0.6 is 11.3 Å². The smallest absolute Gasteiger partial charge is 0.0689 e. The molecule has 0 saturated heterocycles. The predicted octanol–water partition coefficient (Wildman–Crippen LogP) is 4.11. The predicted molar refractivity (Wildman–Crippen MR) is 90.8 cm³/mol. The summed E-state index contributed by atoms with van der Waals surface area (Å²) in [6.45, 7) is 8.59. The molecule has 3 aromatic rings. The van der Waals surface area contributed by atoms with Crippen LogP contribution in [0.1, 0.15) is 13.8 Å². The van der Waals surface area contributed by atoms with E-state index in [0.29, 0.717) is 0 Å². The van der Waals surface area contributed by atoms with Gasteiger partial charge in [0.1, 0.15) is 0 Å². The van der Waals surface area contributed by atoms with Crippen LogP contribution < -0.4 is 0 Å². The fraction of sp³-hybridized carbons (Fsp3) is 0.353. The molecule has 0 fully saturated rings. The molecule has 3 nitrogen and oxygen atoms in total. The molecular weight excluding hydrogens is 278 g/mol. The largest absolute Gasteiger partial charge is 0.302 e. The molecule has 0 atom stereocenters. The van der Waals surface area contributed by atoms with E-state index in [4.69, 9.17) is 0 Å². The summed E-state index contributed by atoms with van der Waals surface area (Å²) in [7, 11) is 0. The SMILES string of the molecule is CCN(CC)CCn1ncc2ccc(-c3ccsc3)cc21. The maximum absolute atomic E-state index is 4.55. The minimum absolute atomic E-state index is 0.943. The summed E-state index contributed by atoms with van der Waals surface area (Å²) in [5.74, 6) is 0. The third-order valence-corrected chi connectivity index (χ3v) is 4.70. The summed E-state index contributed by atoms with van der Waals surface area (Å²) >= 11 is 1.74. The van der Waals surface area contributed by atoms with Crippen LogP contribution in [-0.2, 0) is 6.54 Å². The van der Waals surface area contributed by atoms with Crippen molar-refractivity contribution in [2.24, 2.45) is 0 Å². The third kappa shape index (κ3) is 3.01. The number of hydrogen-bond donors (Lipinski definition) is 0. The zero-order valence-corrected chi connectivity index (χ0v) is 13.4. The van der Waals surface area contributed by atoms with Crippen molar-refractivity contribution in [2.45, 2.75) is 20.4 Å². The number of fused-ring (bicyclic) bond motifs is 1. The van der Waals surface area contributed by atoms with Crippen LogP contribution in [0.2, 0.25) is 0 Å². The molecule has 0 aliphatic carbocycles. The number of likely N-dealkylation sites (N-methyl/N-ethyl adjacent to an activating group) is 1. The molecule has 3 rings (SSSR count). The highest BCUT2D eigenvalue weighted by atomic mass is 32.1. The lowest BCUT2D eigenvalue weighted by molar-refractivity contribution is 0.287. The van der Waals surface area contributed by atoms with Gasteiger partial charge in [0.2, 0.25) is 0 Å². The Bertz CT molecular complexity index is 696. The molecule has 0 amide bonds. The lowest BCUT2D eigenvalue weighted by Crippen LogP contribution is -2.27. The first-order chi connectivity index (χ1) is 10.3. The van der Waals surface area contributed by atoms with Crippen molar-refractivity contribution in [3.05, 3.63) is 41.2 Å². The molecule has 1 aromatic carbocycles. The van der Waals surface area contributed by atoms with E-state index in [2.05, 4.69) is 63.6 Å². The molecule has 4 heteroatoms. The highest BCUT2D eigenvalue weighted by Crippen LogP contribution is 2.26. The van der Waals surface area contributed by atoms with Gasteiger partial charge in [-0.2, -0.15) is 16.4 Å². The van der Waals surface area contributed by atoms with Crippen LogP contribution in [0.25, 0.3) is 22.0 Å². The number of nitrogens with zero attached hydrogens (tertiary/aromatic N) is 3. The molecule has 0 saturated carbocycles. The Kier molecular flexibility index (Phi) is 4.36. The first-order valence-corrected chi connectivity index (χ1v) is 8.46. The molecule has 21 heavy (non-hydrogen) atoms. The van der Waals surface area contributed by atoms with Gasteiger partial charge in [-0.15, -0.1) is 0 Å². The van der Waals surface area contributed by atoms with E-state index >= 15 is 0 Å². The number of hydrogen-bond acceptors (Lipinski definition) is 3. The topological polar surface area (TPSA) is 21.1 Å². The first-order valence-electron chi connectivity index (χ1n) is 7.52. The van der Waals surface area contributed by atoms with Crippen LogP contribution in [0, 0.1) is 0 Å². The zero-order chi connectivity index (χ0) is 14.7. The lowest BCUT2D eigenvalue weighted by atomic mass is 10.1. The second-order valence-corrected chi connectivity index (χ2v) is 5.96. The van der Waals surface area contributed by atoms with Crippen molar-refractivity contribution in [1.29, 1.82) is 0 Å². The molecule has 0 aliphatic heterocycles. The summed E-state index contributed by atoms with van der Waals surface area (Å²) < 4.78 is 2.13. The Morgan fingerprint density at radius 1 is 1.14 bits per heavy atom. The summed E-state index contributed by atoms with van der Waals surface area (Å²) in [5, 5.41) is 10.1. The van der Waals surface area contributed by atoms with Gasteiger partial charge in [-0.25, -0.2) is 0 Å². The van der Waals surface area contributed by atoms with E-state index in [-0.39, 0.29) is 0 Å². The monoisotopic (exact) mass is 299 g/mol. The molecule has 2 aromatic heterocycles. The van der Waals surface area contributed by atoms with Crippen LogP contribution in [-0.4, -0.2) is 34.3 Å². The van der Waals surface area contributed by atoms with E-state index in [1.54, 1.807) is 11.3 Å². The Morgan fingerprint density at radius 2 is 2.00 bits per heavy atom. The maximum Gasteiger partial charge on any atom is 0.0689 e. The van der Waals surface area contributed by atoms with E-state index in [9.17, 15) is 0 Å². The highest BCUT2D eigenvalue weighted by Gasteiger charge is 2.07. The first kappa shape index (κ1) is 14.3. The average molecular weight is 299 g/mol. The molecule has 0 bridgehead atoms. The summed E-state index contributed by atoms with van der Waals surface area (Å²) in [4.78, 5) is 2.43. The standard InChI is InChI=1S/C17H21N3S/c1-3-19(4-2)8-9-20-17-11-14(16-7-10-21-13-16)5-6-15(17)12-18-20/h5-7,10-13H,3-4,8-9H2,1-2H3. The van der Waals surface area contributed by atoms with E-state index < -0.39 is 0 Å².